The van der Waals surface area contributed by atoms with Crippen molar-refractivity contribution >= 4 is 16.0 Å². The topological polar surface area (TPSA) is 77.9 Å². The predicted molar refractivity (Wildman–Crippen MR) is 78.4 cm³/mol. The largest absolute Gasteiger partial charge is 0.480 e. The zero-order valence-corrected chi connectivity index (χ0v) is 13.7. The minimum Gasteiger partial charge on any atom is -0.480 e. The highest BCUT2D eigenvalue weighted by atomic mass is 32.2. The van der Waals surface area contributed by atoms with E-state index in [9.17, 15) is 26.4 Å². The van der Waals surface area contributed by atoms with Gasteiger partial charge in [-0.25, -0.2) is 21.6 Å². The first-order chi connectivity index (χ1) is 11.1. The van der Waals surface area contributed by atoms with Gasteiger partial charge in [-0.3, -0.25) is 9.69 Å². The van der Waals surface area contributed by atoms with Gasteiger partial charge in [0, 0.05) is 19.1 Å². The lowest BCUT2D eigenvalue weighted by Crippen LogP contribution is -2.46. The van der Waals surface area contributed by atoms with E-state index in [4.69, 9.17) is 5.11 Å². The Morgan fingerprint density at radius 2 is 1.83 bits per heavy atom. The first-order valence-electron chi connectivity index (χ1n) is 7.20. The Balaban J connectivity index is 2.13. The van der Waals surface area contributed by atoms with Crippen molar-refractivity contribution < 1.29 is 31.5 Å². The molecule has 1 fully saturated rings. The number of halogens is 3. The molecule has 1 aliphatic rings. The van der Waals surface area contributed by atoms with E-state index in [1.807, 2.05) is 0 Å². The van der Waals surface area contributed by atoms with Crippen molar-refractivity contribution in [2.45, 2.75) is 23.8 Å². The molecule has 2 rings (SSSR count). The van der Waals surface area contributed by atoms with Gasteiger partial charge in [-0.15, -0.1) is 0 Å². The lowest BCUT2D eigenvalue weighted by molar-refractivity contribution is -0.138. The highest BCUT2D eigenvalue weighted by molar-refractivity contribution is 7.89. The molecule has 0 saturated carbocycles. The van der Waals surface area contributed by atoms with Gasteiger partial charge in [-0.2, -0.15) is 4.31 Å². The number of carboxylic acid groups (broad SMARTS) is 1. The fourth-order valence-electron chi connectivity index (χ4n) is 2.71. The van der Waals surface area contributed by atoms with Crippen LogP contribution in [0.2, 0.25) is 0 Å². The summed E-state index contributed by atoms with van der Waals surface area (Å²) in [6, 6.07) is 1.15. The van der Waals surface area contributed by atoms with Gasteiger partial charge in [0.05, 0.1) is 6.54 Å². The van der Waals surface area contributed by atoms with E-state index in [-0.39, 0.29) is 25.7 Å². The van der Waals surface area contributed by atoms with Crippen molar-refractivity contribution in [1.29, 1.82) is 0 Å². The van der Waals surface area contributed by atoms with Gasteiger partial charge in [0.2, 0.25) is 10.0 Å². The Morgan fingerprint density at radius 1 is 1.25 bits per heavy atom. The number of aliphatic carboxylic acids is 1. The number of benzene rings is 1. The third kappa shape index (κ3) is 3.70. The van der Waals surface area contributed by atoms with E-state index in [0.29, 0.717) is 25.0 Å². The molecule has 0 spiro atoms. The monoisotopic (exact) mass is 366 g/mol. The van der Waals surface area contributed by atoms with Crippen LogP contribution in [0, 0.1) is 17.5 Å². The maximum Gasteiger partial charge on any atom is 0.317 e. The van der Waals surface area contributed by atoms with Crippen LogP contribution >= 0.6 is 0 Å². The van der Waals surface area contributed by atoms with E-state index in [2.05, 4.69) is 0 Å². The molecule has 0 atom stereocenters. The zero-order valence-electron chi connectivity index (χ0n) is 12.9. The number of nitrogens with zero attached hydrogens (tertiary/aromatic N) is 2. The smallest absolute Gasteiger partial charge is 0.317 e. The number of sulfonamides is 1. The summed E-state index contributed by atoms with van der Waals surface area (Å²) in [5, 5.41) is 8.77. The summed E-state index contributed by atoms with van der Waals surface area (Å²) in [6.45, 7) is -0.0972. The van der Waals surface area contributed by atoms with Crippen molar-refractivity contribution in [2.75, 3.05) is 26.7 Å². The summed E-state index contributed by atoms with van der Waals surface area (Å²) >= 11 is 0. The normalized spacial score (nSPS) is 17.4. The van der Waals surface area contributed by atoms with E-state index in [1.165, 1.54) is 0 Å². The summed E-state index contributed by atoms with van der Waals surface area (Å²) in [5.74, 6) is -6.01. The molecule has 1 aromatic rings. The van der Waals surface area contributed by atoms with Crippen LogP contribution in [0.3, 0.4) is 0 Å². The molecule has 1 N–H and O–H groups in total. The van der Waals surface area contributed by atoms with Crippen molar-refractivity contribution in [3.8, 4) is 0 Å². The van der Waals surface area contributed by atoms with Crippen LogP contribution in [0.5, 0.6) is 0 Å². The summed E-state index contributed by atoms with van der Waals surface area (Å²) in [6.07, 6.45) is 0.711. The number of rotatable bonds is 5. The molecule has 0 amide bonds. The minimum atomic E-state index is -4.29. The van der Waals surface area contributed by atoms with Crippen molar-refractivity contribution in [2.24, 2.45) is 0 Å². The van der Waals surface area contributed by atoms with Crippen molar-refractivity contribution in [3.63, 3.8) is 0 Å². The predicted octanol–water partition coefficient (Wildman–Crippen LogP) is 1.27. The zero-order chi connectivity index (χ0) is 18.1. The standard InChI is InChI=1S/C14H17F3N2O4S/c1-18(8-12(20)21)9-4-6-19(7-5-9)24(22,23)11-3-2-10(15)13(16)14(11)17/h2-3,9H,4-8H2,1H3,(H,20,21). The number of carboxylic acids is 1. The van der Waals surface area contributed by atoms with E-state index in [0.717, 1.165) is 4.31 Å². The van der Waals surface area contributed by atoms with Gasteiger partial charge in [0.15, 0.2) is 17.5 Å². The molecule has 1 heterocycles. The van der Waals surface area contributed by atoms with Gasteiger partial charge in [-0.1, -0.05) is 0 Å². The molecule has 0 bridgehead atoms. The number of piperidine rings is 1. The van der Waals surface area contributed by atoms with Gasteiger partial charge in [0.1, 0.15) is 4.90 Å². The van der Waals surface area contributed by atoms with Crippen LogP contribution in [-0.4, -0.2) is 61.4 Å². The molecule has 1 aromatic carbocycles. The maximum absolute atomic E-state index is 13.8. The highest BCUT2D eigenvalue weighted by Gasteiger charge is 2.34. The molecular weight excluding hydrogens is 349 g/mol. The van der Waals surface area contributed by atoms with Crippen LogP contribution in [0.15, 0.2) is 17.0 Å². The highest BCUT2D eigenvalue weighted by Crippen LogP contribution is 2.26. The Hall–Kier alpha value is -1.65. The third-order valence-corrected chi connectivity index (χ3v) is 5.97. The molecular formula is C14H17F3N2O4S. The molecule has 1 saturated heterocycles. The van der Waals surface area contributed by atoms with Gasteiger partial charge < -0.3 is 5.11 Å². The van der Waals surface area contributed by atoms with Gasteiger partial charge in [-0.05, 0) is 32.0 Å². The average Bonchev–Trinajstić information content (AvgIpc) is 2.52. The fraction of sp³-hybridized carbons (Fsp3) is 0.500. The van der Waals surface area contributed by atoms with Crippen molar-refractivity contribution in [1.82, 2.24) is 9.21 Å². The molecule has 0 unspecified atom stereocenters. The lowest BCUT2D eigenvalue weighted by Gasteiger charge is -2.35. The maximum atomic E-state index is 13.8. The molecule has 24 heavy (non-hydrogen) atoms. The molecule has 0 aromatic heterocycles. The lowest BCUT2D eigenvalue weighted by atomic mass is 10.1. The third-order valence-electron chi connectivity index (χ3n) is 4.05. The number of hydrogen-bond acceptors (Lipinski definition) is 4. The summed E-state index contributed by atoms with van der Waals surface area (Å²) < 4.78 is 65.8. The van der Waals surface area contributed by atoms with Crippen LogP contribution in [0.25, 0.3) is 0 Å². The summed E-state index contributed by atoms with van der Waals surface area (Å²) in [4.78, 5) is 11.4. The van der Waals surface area contributed by atoms with Crippen LogP contribution in [0.4, 0.5) is 13.2 Å². The first kappa shape index (κ1) is 18.7. The molecule has 134 valence electrons. The van der Waals surface area contributed by atoms with E-state index >= 15 is 0 Å². The van der Waals surface area contributed by atoms with Crippen LogP contribution < -0.4 is 0 Å². The molecule has 10 heteroatoms. The Labute approximate surface area is 137 Å². The molecule has 6 nitrogen and oxygen atoms in total. The SMILES string of the molecule is CN(CC(=O)O)C1CCN(S(=O)(=O)c2ccc(F)c(F)c2F)CC1. The van der Waals surface area contributed by atoms with Gasteiger partial charge in [0.25, 0.3) is 0 Å². The number of carbonyl (C=O) groups is 1. The Kier molecular flexibility index (Phi) is 5.51. The summed E-state index contributed by atoms with van der Waals surface area (Å²) in [7, 11) is -2.66. The second-order valence-electron chi connectivity index (χ2n) is 5.62. The van der Waals surface area contributed by atoms with Crippen molar-refractivity contribution in [3.05, 3.63) is 29.6 Å². The number of likely N-dealkylation sites (N-methyl/N-ethyl adjacent to an activating group) is 1. The first-order valence-corrected chi connectivity index (χ1v) is 8.64. The average molecular weight is 366 g/mol. The molecule has 1 aliphatic heterocycles. The second kappa shape index (κ2) is 7.08. The van der Waals surface area contributed by atoms with Crippen LogP contribution in [0.1, 0.15) is 12.8 Å². The Morgan fingerprint density at radius 3 is 2.38 bits per heavy atom. The van der Waals surface area contributed by atoms with Gasteiger partial charge >= 0.3 is 5.97 Å². The number of hydrogen-bond donors (Lipinski definition) is 1. The molecule has 0 radical (unpaired) electrons. The second-order valence-corrected chi connectivity index (χ2v) is 7.52. The Bertz CT molecular complexity index is 734. The minimum absolute atomic E-state index is 0.0371. The molecule has 0 aliphatic carbocycles. The fourth-order valence-corrected chi connectivity index (χ4v) is 4.24. The van der Waals surface area contributed by atoms with Crippen LogP contribution in [-0.2, 0) is 14.8 Å². The summed E-state index contributed by atoms with van der Waals surface area (Å²) in [5.41, 5.74) is 0. The quantitative estimate of drug-likeness (QED) is 0.795. The van der Waals surface area contributed by atoms with E-state index < -0.39 is 38.3 Å². The van der Waals surface area contributed by atoms with E-state index in [1.54, 1.807) is 11.9 Å².